The molecule has 0 atom stereocenters. The standard InChI is InChI=1S/C8H5NO2.CH2O3/c10-7-5-3-1-2-4-6(5)9-8(7)11;2-1(3)4/h1-4H,(H,9,10,11);(H2,2,3,4). The molecular weight excluding hydrogens is 202 g/mol. The first-order chi connectivity index (χ1) is 7.02. The van der Waals surface area contributed by atoms with Gasteiger partial charge in [-0.25, -0.2) is 4.79 Å². The van der Waals surface area contributed by atoms with E-state index in [2.05, 4.69) is 5.32 Å². The summed E-state index contributed by atoms with van der Waals surface area (Å²) in [6.07, 6.45) is -1.83. The Morgan fingerprint density at radius 1 is 1.13 bits per heavy atom. The summed E-state index contributed by atoms with van der Waals surface area (Å²) < 4.78 is 0. The molecule has 0 unspecified atom stereocenters. The SMILES string of the molecule is O=C(O)O.O=C1Nc2ccccc2C1=O. The normalized spacial score (nSPS) is 12.3. The fraction of sp³-hybridized carbons (Fsp3) is 0. The number of benzene rings is 1. The third-order valence-corrected chi connectivity index (χ3v) is 1.63. The number of para-hydroxylation sites is 1. The molecule has 0 radical (unpaired) electrons. The van der Waals surface area contributed by atoms with Gasteiger partial charge in [-0.2, -0.15) is 0 Å². The number of hydrogen-bond acceptors (Lipinski definition) is 3. The minimum atomic E-state index is -1.83. The summed E-state index contributed by atoms with van der Waals surface area (Å²) in [5, 5.41) is 16.4. The highest BCUT2D eigenvalue weighted by Gasteiger charge is 2.26. The van der Waals surface area contributed by atoms with Gasteiger partial charge in [0.2, 0.25) is 0 Å². The molecule has 1 heterocycles. The summed E-state index contributed by atoms with van der Waals surface area (Å²) in [7, 11) is 0. The summed E-state index contributed by atoms with van der Waals surface area (Å²) in [6, 6.07) is 6.85. The van der Waals surface area contributed by atoms with Crippen LogP contribution in [0.3, 0.4) is 0 Å². The van der Waals surface area contributed by atoms with Crippen LogP contribution in [0.1, 0.15) is 10.4 Å². The zero-order chi connectivity index (χ0) is 11.4. The van der Waals surface area contributed by atoms with Crippen LogP contribution >= 0.6 is 0 Å². The number of carbonyl (C=O) groups excluding carboxylic acids is 2. The van der Waals surface area contributed by atoms with Crippen molar-refractivity contribution in [3.05, 3.63) is 29.8 Å². The monoisotopic (exact) mass is 209 g/mol. The summed E-state index contributed by atoms with van der Waals surface area (Å²) in [4.78, 5) is 30.3. The summed E-state index contributed by atoms with van der Waals surface area (Å²) in [5.74, 6) is -0.980. The molecule has 1 aromatic rings. The van der Waals surface area contributed by atoms with Gasteiger partial charge in [0.1, 0.15) is 0 Å². The minimum Gasteiger partial charge on any atom is -0.450 e. The van der Waals surface area contributed by atoms with Crippen LogP contribution in [0, 0.1) is 0 Å². The van der Waals surface area contributed by atoms with Crippen LogP contribution in [0.25, 0.3) is 0 Å². The van der Waals surface area contributed by atoms with E-state index in [0.717, 1.165) is 0 Å². The van der Waals surface area contributed by atoms with E-state index in [1.54, 1.807) is 24.3 Å². The largest absolute Gasteiger partial charge is 0.503 e. The smallest absolute Gasteiger partial charge is 0.450 e. The van der Waals surface area contributed by atoms with E-state index >= 15 is 0 Å². The Kier molecular flexibility index (Phi) is 3.02. The number of nitrogens with one attached hydrogen (secondary N) is 1. The number of ketones is 1. The molecule has 0 saturated heterocycles. The van der Waals surface area contributed by atoms with E-state index in [-0.39, 0.29) is 0 Å². The first-order valence-electron chi connectivity index (χ1n) is 3.89. The molecule has 6 nitrogen and oxygen atoms in total. The Morgan fingerprint density at radius 3 is 2.20 bits per heavy atom. The van der Waals surface area contributed by atoms with Crippen LogP contribution in [0.4, 0.5) is 10.5 Å². The number of carbonyl (C=O) groups is 3. The third-order valence-electron chi connectivity index (χ3n) is 1.63. The molecule has 78 valence electrons. The van der Waals surface area contributed by atoms with Crippen LogP contribution in [-0.4, -0.2) is 28.1 Å². The predicted molar refractivity (Wildman–Crippen MR) is 50.1 cm³/mol. The second-order valence-electron chi connectivity index (χ2n) is 2.61. The molecule has 1 aliphatic heterocycles. The number of fused-ring (bicyclic) bond motifs is 1. The van der Waals surface area contributed by atoms with Crippen molar-refractivity contribution in [2.24, 2.45) is 0 Å². The van der Waals surface area contributed by atoms with Crippen molar-refractivity contribution in [2.45, 2.75) is 0 Å². The zero-order valence-electron chi connectivity index (χ0n) is 7.43. The molecule has 1 amide bonds. The van der Waals surface area contributed by atoms with Crippen molar-refractivity contribution < 1.29 is 24.6 Å². The van der Waals surface area contributed by atoms with Gasteiger partial charge in [-0.1, -0.05) is 12.1 Å². The first-order valence-corrected chi connectivity index (χ1v) is 3.89. The van der Waals surface area contributed by atoms with Gasteiger partial charge in [-0.15, -0.1) is 0 Å². The lowest BCUT2D eigenvalue weighted by Gasteiger charge is -1.91. The number of Topliss-reactive ketones (excluding diaryl/α,β-unsaturated/α-hetero) is 1. The highest BCUT2D eigenvalue weighted by Crippen LogP contribution is 2.21. The van der Waals surface area contributed by atoms with E-state index in [1.807, 2.05) is 0 Å². The molecule has 1 aromatic carbocycles. The van der Waals surface area contributed by atoms with E-state index in [0.29, 0.717) is 11.3 Å². The lowest BCUT2D eigenvalue weighted by Crippen LogP contribution is -2.12. The van der Waals surface area contributed by atoms with E-state index in [9.17, 15) is 9.59 Å². The molecule has 2 rings (SSSR count). The summed E-state index contributed by atoms with van der Waals surface area (Å²) in [6.45, 7) is 0. The van der Waals surface area contributed by atoms with Crippen LogP contribution in [0.2, 0.25) is 0 Å². The van der Waals surface area contributed by atoms with Gasteiger partial charge < -0.3 is 15.5 Å². The van der Waals surface area contributed by atoms with Gasteiger partial charge in [-0.3, -0.25) is 9.59 Å². The molecule has 6 heteroatoms. The van der Waals surface area contributed by atoms with Crippen molar-refractivity contribution in [1.82, 2.24) is 0 Å². The molecule has 1 aliphatic rings. The second-order valence-corrected chi connectivity index (χ2v) is 2.61. The van der Waals surface area contributed by atoms with Crippen LogP contribution < -0.4 is 5.32 Å². The molecule has 3 N–H and O–H groups in total. The maximum Gasteiger partial charge on any atom is 0.503 e. The van der Waals surface area contributed by atoms with Crippen LogP contribution in [0.15, 0.2) is 24.3 Å². The predicted octanol–water partition coefficient (Wildman–Crippen LogP) is 1.04. The molecule has 0 saturated carbocycles. The van der Waals surface area contributed by atoms with Gasteiger partial charge in [0, 0.05) is 0 Å². The average molecular weight is 209 g/mol. The van der Waals surface area contributed by atoms with E-state index in [4.69, 9.17) is 15.0 Å². The Labute approximate surface area is 84.1 Å². The third kappa shape index (κ3) is 2.53. The lowest BCUT2D eigenvalue weighted by atomic mass is 10.1. The van der Waals surface area contributed by atoms with Crippen molar-refractivity contribution >= 4 is 23.5 Å². The van der Waals surface area contributed by atoms with Gasteiger partial charge in [0.25, 0.3) is 11.7 Å². The van der Waals surface area contributed by atoms with E-state index < -0.39 is 17.8 Å². The van der Waals surface area contributed by atoms with Crippen LogP contribution in [0.5, 0.6) is 0 Å². The average Bonchev–Trinajstić information content (AvgIpc) is 2.43. The number of carboxylic acid groups (broad SMARTS) is 2. The topological polar surface area (TPSA) is 104 Å². The van der Waals surface area contributed by atoms with Gasteiger partial charge >= 0.3 is 6.16 Å². The van der Waals surface area contributed by atoms with Crippen LogP contribution in [-0.2, 0) is 4.79 Å². The fourth-order valence-electron chi connectivity index (χ4n) is 1.09. The highest BCUT2D eigenvalue weighted by molar-refractivity contribution is 6.51. The number of anilines is 1. The van der Waals surface area contributed by atoms with Crippen molar-refractivity contribution in [2.75, 3.05) is 5.32 Å². The summed E-state index contributed by atoms with van der Waals surface area (Å²) in [5.41, 5.74) is 1.08. The Balaban J connectivity index is 0.000000245. The molecule has 0 fully saturated rings. The van der Waals surface area contributed by atoms with E-state index in [1.165, 1.54) is 0 Å². The minimum absolute atomic E-state index is 0.444. The summed E-state index contributed by atoms with van der Waals surface area (Å²) >= 11 is 0. The maximum atomic E-state index is 11.0. The van der Waals surface area contributed by atoms with Crippen molar-refractivity contribution in [3.8, 4) is 0 Å². The quantitative estimate of drug-likeness (QED) is 0.554. The molecule has 0 aliphatic carbocycles. The lowest BCUT2D eigenvalue weighted by molar-refractivity contribution is -0.112. The Bertz CT molecular complexity index is 422. The zero-order valence-corrected chi connectivity index (χ0v) is 7.43. The maximum absolute atomic E-state index is 11.0. The fourth-order valence-corrected chi connectivity index (χ4v) is 1.09. The van der Waals surface area contributed by atoms with Gasteiger partial charge in [0.15, 0.2) is 0 Å². The van der Waals surface area contributed by atoms with Gasteiger partial charge in [-0.05, 0) is 12.1 Å². The van der Waals surface area contributed by atoms with Crippen molar-refractivity contribution in [3.63, 3.8) is 0 Å². The molecule has 0 spiro atoms. The number of rotatable bonds is 0. The first kappa shape index (κ1) is 10.7. The number of amides is 1. The van der Waals surface area contributed by atoms with Crippen molar-refractivity contribution in [1.29, 1.82) is 0 Å². The molecule has 0 aromatic heterocycles. The molecule has 15 heavy (non-hydrogen) atoms. The second kappa shape index (κ2) is 4.23. The molecule has 0 bridgehead atoms. The number of hydrogen-bond donors (Lipinski definition) is 3. The molecular formula is C9H7NO5. The van der Waals surface area contributed by atoms with Gasteiger partial charge in [0.05, 0.1) is 11.3 Å². The Hall–Kier alpha value is -2.37. The highest BCUT2D eigenvalue weighted by atomic mass is 16.6. The Morgan fingerprint density at radius 2 is 1.67 bits per heavy atom.